The summed E-state index contributed by atoms with van der Waals surface area (Å²) in [5.41, 5.74) is 6.31. The molecule has 31 heavy (non-hydrogen) atoms. The number of carboxylic acids is 1. The number of carbonyl (C=O) groups excluding carboxylic acids is 4. The zero-order valence-corrected chi connectivity index (χ0v) is 16.8. The van der Waals surface area contributed by atoms with Gasteiger partial charge >= 0.3 is 5.97 Å². The molecule has 1 atom stereocenters. The van der Waals surface area contributed by atoms with Gasteiger partial charge in [0.05, 0.1) is 10.9 Å². The van der Waals surface area contributed by atoms with Gasteiger partial charge in [-0.1, -0.05) is 0 Å². The molecule has 1 heterocycles. The highest BCUT2D eigenvalue weighted by atomic mass is 32.2. The van der Waals surface area contributed by atoms with Gasteiger partial charge in [-0.05, 0) is 48.5 Å². The quantitative estimate of drug-likeness (QED) is 0.440. The largest absolute Gasteiger partial charge is 0.478 e. The van der Waals surface area contributed by atoms with Crippen molar-refractivity contribution in [2.24, 2.45) is 5.73 Å². The molecule has 0 aliphatic carbocycles. The predicted octanol–water partition coefficient (Wildman–Crippen LogP) is 1.79. The minimum absolute atomic E-state index is 0.0273. The molecule has 4 amide bonds. The van der Waals surface area contributed by atoms with Crippen LogP contribution in [-0.4, -0.2) is 40.0 Å². The van der Waals surface area contributed by atoms with Crippen LogP contribution >= 0.6 is 11.8 Å². The van der Waals surface area contributed by atoms with Crippen LogP contribution in [0.1, 0.15) is 16.8 Å². The molecule has 158 valence electrons. The van der Waals surface area contributed by atoms with Crippen molar-refractivity contribution < 1.29 is 29.1 Å². The Morgan fingerprint density at radius 3 is 2.26 bits per heavy atom. The average molecular weight is 439 g/mol. The highest BCUT2D eigenvalue weighted by Crippen LogP contribution is 2.34. The van der Waals surface area contributed by atoms with Gasteiger partial charge in [0.1, 0.15) is 0 Å². The van der Waals surface area contributed by atoms with Crippen molar-refractivity contribution in [3.05, 3.63) is 66.2 Å². The molecule has 0 spiro atoms. The highest BCUT2D eigenvalue weighted by Gasteiger charge is 2.40. The topological polar surface area (TPSA) is 147 Å². The number of anilines is 2. The van der Waals surface area contributed by atoms with Crippen LogP contribution in [0.3, 0.4) is 0 Å². The molecule has 1 aliphatic rings. The van der Waals surface area contributed by atoms with E-state index in [-0.39, 0.29) is 23.8 Å². The maximum absolute atomic E-state index is 12.8. The number of thioether (sulfide) groups is 1. The SMILES string of the molecule is NC(=O)c1ccc(N2C(=O)CC(Sc3ccc(NC(=O)/C=C/C(=O)O)cc3)C2=O)cc1. The summed E-state index contributed by atoms with van der Waals surface area (Å²) in [5.74, 6) is -3.12. The number of nitrogens with two attached hydrogens (primary N) is 1. The van der Waals surface area contributed by atoms with Crippen LogP contribution in [0, 0.1) is 0 Å². The van der Waals surface area contributed by atoms with Gasteiger partial charge in [0, 0.05) is 34.7 Å². The van der Waals surface area contributed by atoms with Crippen LogP contribution in [0.25, 0.3) is 0 Å². The summed E-state index contributed by atoms with van der Waals surface area (Å²) in [7, 11) is 0. The number of benzene rings is 2. The molecule has 0 saturated carbocycles. The number of amides is 4. The smallest absolute Gasteiger partial charge is 0.328 e. The van der Waals surface area contributed by atoms with Gasteiger partial charge in [-0.2, -0.15) is 0 Å². The normalized spacial score (nSPS) is 16.0. The molecule has 0 radical (unpaired) electrons. The summed E-state index contributed by atoms with van der Waals surface area (Å²) in [6, 6.07) is 12.5. The molecule has 3 rings (SSSR count). The van der Waals surface area contributed by atoms with Crippen molar-refractivity contribution >= 4 is 52.7 Å². The first-order valence-electron chi connectivity index (χ1n) is 9.00. The lowest BCUT2D eigenvalue weighted by atomic mass is 10.2. The zero-order valence-electron chi connectivity index (χ0n) is 16.0. The van der Waals surface area contributed by atoms with E-state index in [1.165, 1.54) is 36.0 Å². The lowest BCUT2D eigenvalue weighted by Crippen LogP contribution is -2.31. The lowest BCUT2D eigenvalue weighted by Gasteiger charge is -2.15. The molecule has 1 saturated heterocycles. The van der Waals surface area contributed by atoms with Crippen molar-refractivity contribution in [3.63, 3.8) is 0 Å². The van der Waals surface area contributed by atoms with E-state index in [1.54, 1.807) is 24.3 Å². The van der Waals surface area contributed by atoms with Crippen LogP contribution in [0.5, 0.6) is 0 Å². The third kappa shape index (κ3) is 5.37. The lowest BCUT2D eigenvalue weighted by molar-refractivity contribution is -0.131. The molecule has 0 aromatic heterocycles. The van der Waals surface area contributed by atoms with E-state index in [2.05, 4.69) is 5.32 Å². The Hall–Kier alpha value is -3.92. The van der Waals surface area contributed by atoms with Crippen LogP contribution in [0.4, 0.5) is 11.4 Å². The van der Waals surface area contributed by atoms with E-state index < -0.39 is 23.0 Å². The zero-order chi connectivity index (χ0) is 22.5. The van der Waals surface area contributed by atoms with Crippen molar-refractivity contribution in [2.45, 2.75) is 16.6 Å². The standard InChI is InChI=1S/C21H17N3O6S/c22-20(29)12-1-5-14(6-2-12)24-18(26)11-16(21(24)30)31-15-7-3-13(4-8-15)23-17(25)9-10-19(27)28/h1-10,16H,11H2,(H2,22,29)(H,23,25)(H,27,28)/b10-9+. The molecule has 2 aromatic rings. The summed E-state index contributed by atoms with van der Waals surface area (Å²) < 4.78 is 0. The highest BCUT2D eigenvalue weighted by molar-refractivity contribution is 8.00. The van der Waals surface area contributed by atoms with Crippen molar-refractivity contribution in [3.8, 4) is 0 Å². The molecular formula is C21H17N3O6S. The summed E-state index contributed by atoms with van der Waals surface area (Å²) >= 11 is 1.22. The Balaban J connectivity index is 1.64. The number of carboxylic acid groups (broad SMARTS) is 1. The monoisotopic (exact) mass is 439 g/mol. The molecule has 1 aliphatic heterocycles. The number of hydrogen-bond donors (Lipinski definition) is 3. The molecule has 10 heteroatoms. The summed E-state index contributed by atoms with van der Waals surface area (Å²) in [4.78, 5) is 60.2. The van der Waals surface area contributed by atoms with Crippen LogP contribution in [0.15, 0.2) is 65.6 Å². The van der Waals surface area contributed by atoms with Crippen LogP contribution in [0.2, 0.25) is 0 Å². The molecule has 0 bridgehead atoms. The van der Waals surface area contributed by atoms with Crippen molar-refractivity contribution in [1.82, 2.24) is 0 Å². The van der Waals surface area contributed by atoms with E-state index in [9.17, 15) is 24.0 Å². The Labute approximate surface area is 180 Å². The van der Waals surface area contributed by atoms with Gasteiger partial charge < -0.3 is 16.2 Å². The summed E-state index contributed by atoms with van der Waals surface area (Å²) in [6.45, 7) is 0. The minimum atomic E-state index is -1.23. The number of rotatable bonds is 7. The second kappa shape index (κ2) is 9.26. The van der Waals surface area contributed by atoms with E-state index in [1.807, 2.05) is 0 Å². The average Bonchev–Trinajstić information content (AvgIpc) is 3.01. The molecule has 2 aromatic carbocycles. The Bertz CT molecular complexity index is 1080. The van der Waals surface area contributed by atoms with E-state index >= 15 is 0 Å². The maximum atomic E-state index is 12.8. The van der Waals surface area contributed by atoms with Gasteiger partial charge in [0.2, 0.25) is 23.6 Å². The number of nitrogens with zero attached hydrogens (tertiary/aromatic N) is 1. The van der Waals surface area contributed by atoms with Crippen LogP contribution < -0.4 is 16.0 Å². The third-order valence-corrected chi connectivity index (χ3v) is 5.49. The number of carbonyl (C=O) groups is 5. The van der Waals surface area contributed by atoms with Gasteiger partial charge in [0.25, 0.3) is 0 Å². The Kier molecular flexibility index (Phi) is 6.51. The Morgan fingerprint density at radius 1 is 1.03 bits per heavy atom. The summed E-state index contributed by atoms with van der Waals surface area (Å²) in [5, 5.41) is 10.4. The first-order chi connectivity index (χ1) is 14.7. The first-order valence-corrected chi connectivity index (χ1v) is 9.88. The third-order valence-electron chi connectivity index (χ3n) is 4.29. The second-order valence-electron chi connectivity index (χ2n) is 6.47. The van der Waals surface area contributed by atoms with Crippen LogP contribution in [-0.2, 0) is 19.2 Å². The fraction of sp³-hybridized carbons (Fsp3) is 0.0952. The second-order valence-corrected chi connectivity index (χ2v) is 7.75. The molecule has 1 fully saturated rings. The van der Waals surface area contributed by atoms with Gasteiger partial charge in [-0.15, -0.1) is 11.8 Å². The van der Waals surface area contributed by atoms with E-state index in [0.29, 0.717) is 11.4 Å². The minimum Gasteiger partial charge on any atom is -0.478 e. The number of aliphatic carboxylic acids is 1. The predicted molar refractivity (Wildman–Crippen MR) is 114 cm³/mol. The number of nitrogens with one attached hydrogen (secondary N) is 1. The van der Waals surface area contributed by atoms with Crippen molar-refractivity contribution in [1.29, 1.82) is 0 Å². The fourth-order valence-electron chi connectivity index (χ4n) is 2.85. The molecule has 4 N–H and O–H groups in total. The summed E-state index contributed by atoms with van der Waals surface area (Å²) in [6.07, 6.45) is 1.66. The first kappa shape index (κ1) is 21.8. The maximum Gasteiger partial charge on any atom is 0.328 e. The number of primary amides is 1. The van der Waals surface area contributed by atoms with Gasteiger partial charge in [-0.25, -0.2) is 9.69 Å². The van der Waals surface area contributed by atoms with Gasteiger partial charge in [0.15, 0.2) is 0 Å². The van der Waals surface area contributed by atoms with Gasteiger partial charge in [-0.3, -0.25) is 19.2 Å². The number of imide groups is 1. The van der Waals surface area contributed by atoms with Crippen molar-refractivity contribution in [2.75, 3.05) is 10.2 Å². The molecule has 1 unspecified atom stereocenters. The molecular weight excluding hydrogens is 422 g/mol. The van der Waals surface area contributed by atoms with E-state index in [0.717, 1.165) is 21.9 Å². The fourth-order valence-corrected chi connectivity index (χ4v) is 3.91. The molecule has 9 nitrogen and oxygen atoms in total. The number of hydrogen-bond acceptors (Lipinski definition) is 6. The Morgan fingerprint density at radius 2 is 1.68 bits per heavy atom. The van der Waals surface area contributed by atoms with E-state index in [4.69, 9.17) is 10.8 Å².